The molecule has 0 bridgehead atoms. The number of nitrogens with one attached hydrogen (secondary N) is 2. The molecule has 8 heteroatoms. The fourth-order valence-corrected chi connectivity index (χ4v) is 4.76. The summed E-state index contributed by atoms with van der Waals surface area (Å²) in [6.45, 7) is 8.94. The summed E-state index contributed by atoms with van der Waals surface area (Å²) in [5, 5.41) is 14.6. The molecule has 0 spiro atoms. The Morgan fingerprint density at radius 2 is 1.83 bits per heavy atom. The molecule has 0 fully saturated rings. The molecule has 2 N–H and O–H groups in total. The molecule has 3 aromatic carbocycles. The number of aromatic nitrogens is 6. The van der Waals surface area contributed by atoms with Crippen molar-refractivity contribution in [3.63, 3.8) is 0 Å². The lowest BCUT2D eigenvalue weighted by Crippen LogP contribution is -2.02. The smallest absolute Gasteiger partial charge is 0.206 e. The highest BCUT2D eigenvalue weighted by atomic mass is 35.5. The highest BCUT2D eigenvalue weighted by Gasteiger charge is 2.19. The summed E-state index contributed by atoms with van der Waals surface area (Å²) in [4.78, 5) is 8.59. The second-order valence-corrected chi connectivity index (χ2v) is 9.19. The normalized spacial score (nSPS) is 12.3. The third-order valence-electron chi connectivity index (χ3n) is 6.58. The topological polar surface area (TPSA) is 92.4 Å². The van der Waals surface area contributed by atoms with Gasteiger partial charge < -0.3 is 9.72 Å². The first-order chi connectivity index (χ1) is 17.0. The summed E-state index contributed by atoms with van der Waals surface area (Å²) in [5.74, 6) is 2.41. The first-order valence-corrected chi connectivity index (χ1v) is 12.0. The van der Waals surface area contributed by atoms with E-state index in [1.54, 1.807) is 0 Å². The van der Waals surface area contributed by atoms with Gasteiger partial charge in [0, 0.05) is 17.0 Å². The number of imidazole rings is 1. The van der Waals surface area contributed by atoms with Gasteiger partial charge >= 0.3 is 0 Å². The van der Waals surface area contributed by atoms with Crippen molar-refractivity contribution in [2.24, 2.45) is 0 Å². The lowest BCUT2D eigenvalue weighted by atomic mass is 9.96. The Labute approximate surface area is 208 Å². The molecule has 35 heavy (non-hydrogen) atoms. The molecule has 0 aliphatic heterocycles. The van der Waals surface area contributed by atoms with Crippen LogP contribution in [0.3, 0.4) is 0 Å². The Morgan fingerprint density at radius 1 is 1.03 bits per heavy atom. The van der Waals surface area contributed by atoms with E-state index in [4.69, 9.17) is 21.3 Å². The van der Waals surface area contributed by atoms with Crippen LogP contribution in [0.4, 0.5) is 0 Å². The maximum Gasteiger partial charge on any atom is 0.206 e. The van der Waals surface area contributed by atoms with Crippen molar-refractivity contribution in [2.45, 2.75) is 46.6 Å². The molecule has 0 aliphatic carbocycles. The number of benzene rings is 3. The summed E-state index contributed by atoms with van der Waals surface area (Å²) >= 11 is 6.57. The summed E-state index contributed by atoms with van der Waals surface area (Å²) < 4.78 is 6.04. The number of ether oxygens (including phenoxy) is 1. The third kappa shape index (κ3) is 4.39. The molecule has 0 aliphatic rings. The molecular weight excluding hydrogens is 460 g/mol. The van der Waals surface area contributed by atoms with E-state index >= 15 is 0 Å². The van der Waals surface area contributed by atoms with Crippen LogP contribution in [0.15, 0.2) is 48.5 Å². The van der Waals surface area contributed by atoms with Gasteiger partial charge in [-0.15, -0.1) is 10.2 Å². The molecule has 5 aromatic rings. The number of fused-ring (bicyclic) bond motifs is 1. The van der Waals surface area contributed by atoms with E-state index in [-0.39, 0.29) is 5.92 Å². The van der Waals surface area contributed by atoms with Gasteiger partial charge in [-0.05, 0) is 72.9 Å². The quantitative estimate of drug-likeness (QED) is 0.276. The zero-order chi connectivity index (χ0) is 24.5. The number of rotatable bonds is 7. The fraction of sp³-hybridized carbons (Fsp3) is 0.259. The van der Waals surface area contributed by atoms with Crippen LogP contribution in [-0.2, 0) is 6.61 Å². The molecule has 0 radical (unpaired) electrons. The van der Waals surface area contributed by atoms with Gasteiger partial charge in [-0.3, -0.25) is 0 Å². The van der Waals surface area contributed by atoms with E-state index in [1.165, 1.54) is 22.3 Å². The molecule has 0 saturated heterocycles. The summed E-state index contributed by atoms with van der Waals surface area (Å²) in [7, 11) is 0. The lowest BCUT2D eigenvalue weighted by molar-refractivity contribution is 0.306. The van der Waals surface area contributed by atoms with Crippen LogP contribution in [0, 0.1) is 20.8 Å². The van der Waals surface area contributed by atoms with Crippen molar-refractivity contribution >= 4 is 22.6 Å². The average molecular weight is 487 g/mol. The first kappa shape index (κ1) is 23.1. The highest BCUT2D eigenvalue weighted by Crippen LogP contribution is 2.32. The molecule has 5 rings (SSSR count). The van der Waals surface area contributed by atoms with E-state index < -0.39 is 0 Å². The van der Waals surface area contributed by atoms with Crippen LogP contribution in [-0.4, -0.2) is 30.6 Å². The maximum absolute atomic E-state index is 6.57. The number of halogens is 1. The molecule has 1 unspecified atom stereocenters. The van der Waals surface area contributed by atoms with Crippen LogP contribution in [0.1, 0.15) is 52.9 Å². The number of aryl methyl sites for hydroxylation is 3. The molecule has 2 aromatic heterocycles. The van der Waals surface area contributed by atoms with Gasteiger partial charge in [0.2, 0.25) is 5.82 Å². The molecular formula is C27H27ClN6O. The maximum atomic E-state index is 6.57. The Balaban J connectivity index is 1.34. The minimum absolute atomic E-state index is 0.177. The second kappa shape index (κ2) is 9.50. The number of aromatic amines is 2. The van der Waals surface area contributed by atoms with Crippen molar-refractivity contribution < 1.29 is 4.74 Å². The Bertz CT molecular complexity index is 1470. The predicted molar refractivity (Wildman–Crippen MR) is 138 cm³/mol. The molecule has 0 saturated carbocycles. The second-order valence-electron chi connectivity index (χ2n) is 8.81. The van der Waals surface area contributed by atoms with Crippen LogP contribution in [0.2, 0.25) is 5.02 Å². The molecule has 7 nitrogen and oxygen atoms in total. The first-order valence-electron chi connectivity index (χ1n) is 11.7. The number of H-pyrrole nitrogens is 2. The molecule has 2 heterocycles. The van der Waals surface area contributed by atoms with E-state index in [1.807, 2.05) is 30.3 Å². The number of hydrogen-bond donors (Lipinski definition) is 2. The summed E-state index contributed by atoms with van der Waals surface area (Å²) in [6, 6.07) is 16.1. The Kier molecular flexibility index (Phi) is 6.26. The van der Waals surface area contributed by atoms with Crippen molar-refractivity contribution in [2.75, 3.05) is 0 Å². The van der Waals surface area contributed by atoms with E-state index in [0.29, 0.717) is 23.0 Å². The Hall–Kier alpha value is -3.71. The zero-order valence-electron chi connectivity index (χ0n) is 20.2. The highest BCUT2D eigenvalue weighted by molar-refractivity contribution is 6.34. The standard InChI is InChI=1S/C27H27ClN6O/c1-5-21(26-29-24-16(3)13-15(2)17(4)25(24)30-26)18-9-11-20(12-10-18)35-14-19-7-6-8-22(23(19)28)27-31-33-34-32-27/h6-13,21H,5,14H2,1-4H3,(H,29,30)(H,31,32,33,34). The SMILES string of the molecule is CCC(c1ccc(OCc2cccc(-c3nn[nH]n3)c2Cl)cc1)c1nc2c(C)cc(C)c(C)c2[nH]1. The fourth-order valence-electron chi connectivity index (χ4n) is 4.50. The van der Waals surface area contributed by atoms with Crippen LogP contribution < -0.4 is 4.74 Å². The number of hydrogen-bond acceptors (Lipinski definition) is 5. The van der Waals surface area contributed by atoms with Gasteiger partial charge in [-0.2, -0.15) is 5.21 Å². The van der Waals surface area contributed by atoms with Crippen molar-refractivity contribution in [3.8, 4) is 17.1 Å². The van der Waals surface area contributed by atoms with Crippen molar-refractivity contribution in [1.82, 2.24) is 30.6 Å². The molecule has 0 amide bonds. The van der Waals surface area contributed by atoms with Gasteiger partial charge in [0.1, 0.15) is 18.2 Å². The number of nitrogens with zero attached hydrogens (tertiary/aromatic N) is 4. The molecule has 178 valence electrons. The van der Waals surface area contributed by atoms with Gasteiger partial charge in [0.05, 0.1) is 16.1 Å². The zero-order valence-corrected chi connectivity index (χ0v) is 20.9. The summed E-state index contributed by atoms with van der Waals surface area (Å²) in [6.07, 6.45) is 0.940. The minimum Gasteiger partial charge on any atom is -0.489 e. The van der Waals surface area contributed by atoms with Gasteiger partial charge in [-0.25, -0.2) is 4.98 Å². The van der Waals surface area contributed by atoms with E-state index in [9.17, 15) is 0 Å². The van der Waals surface area contributed by atoms with Crippen LogP contribution in [0.5, 0.6) is 5.75 Å². The van der Waals surface area contributed by atoms with Gasteiger partial charge in [0.15, 0.2) is 0 Å². The Morgan fingerprint density at radius 3 is 2.54 bits per heavy atom. The van der Waals surface area contributed by atoms with Crippen LogP contribution >= 0.6 is 11.6 Å². The van der Waals surface area contributed by atoms with Crippen LogP contribution in [0.25, 0.3) is 22.4 Å². The van der Waals surface area contributed by atoms with Gasteiger partial charge in [0.25, 0.3) is 0 Å². The summed E-state index contributed by atoms with van der Waals surface area (Å²) in [5.41, 5.74) is 8.70. The van der Waals surface area contributed by atoms with E-state index in [2.05, 4.69) is 71.5 Å². The van der Waals surface area contributed by atoms with Crippen molar-refractivity contribution in [3.05, 3.63) is 87.2 Å². The molecule has 1 atom stereocenters. The lowest BCUT2D eigenvalue weighted by Gasteiger charge is -2.14. The largest absolute Gasteiger partial charge is 0.489 e. The van der Waals surface area contributed by atoms with Crippen molar-refractivity contribution in [1.29, 1.82) is 0 Å². The van der Waals surface area contributed by atoms with Gasteiger partial charge in [-0.1, -0.05) is 48.9 Å². The monoisotopic (exact) mass is 486 g/mol. The van der Waals surface area contributed by atoms with E-state index in [0.717, 1.165) is 34.6 Å². The third-order valence-corrected chi connectivity index (χ3v) is 7.02. The number of tetrazole rings is 1. The minimum atomic E-state index is 0.177. The average Bonchev–Trinajstić information content (AvgIpc) is 3.55. The predicted octanol–water partition coefficient (Wildman–Crippen LogP) is 6.44.